The van der Waals surface area contributed by atoms with Crippen molar-refractivity contribution in [3.8, 4) is 113 Å². The molecular weight excluding hydrogens is 973 g/mol. The number of rotatable bonds is 6. The first-order chi connectivity index (χ1) is 39.6. The monoisotopic (exact) mass is 1020 g/mol. The zero-order chi connectivity index (χ0) is 52.7. The first-order valence-corrected chi connectivity index (χ1v) is 27.0. The fourth-order valence-corrected chi connectivity index (χ4v) is 12.1. The van der Waals surface area contributed by atoms with Crippen LogP contribution in [0.1, 0.15) is 0 Å². The Bertz CT molecular complexity index is 4870. The summed E-state index contributed by atoms with van der Waals surface area (Å²) >= 11 is 0. The second-order valence-electron chi connectivity index (χ2n) is 20.5. The van der Waals surface area contributed by atoms with Crippen LogP contribution in [0.5, 0.6) is 0 Å². The van der Waals surface area contributed by atoms with Crippen molar-refractivity contribution in [1.29, 1.82) is 0 Å². The Morgan fingerprint density at radius 3 is 0.838 bits per heavy atom. The van der Waals surface area contributed by atoms with Gasteiger partial charge in [-0.3, -0.25) is 0 Å². The third-order valence-electron chi connectivity index (χ3n) is 15.9. The molecule has 2 aromatic heterocycles. The summed E-state index contributed by atoms with van der Waals surface area (Å²) in [4.78, 5) is 30.3. The van der Waals surface area contributed by atoms with E-state index in [1.165, 1.54) is 71.4 Å². The lowest BCUT2D eigenvalue weighted by Crippen LogP contribution is -2.00. The fourth-order valence-electron chi connectivity index (χ4n) is 12.1. The van der Waals surface area contributed by atoms with E-state index in [0.29, 0.717) is 34.9 Å². The largest absolute Gasteiger partial charge is 0.208 e. The molecule has 0 fully saturated rings. The van der Waals surface area contributed by atoms with Crippen LogP contribution in [-0.2, 0) is 0 Å². The minimum Gasteiger partial charge on any atom is -0.208 e. The van der Waals surface area contributed by atoms with Gasteiger partial charge in [-0.05, 0) is 129 Å². The lowest BCUT2D eigenvalue weighted by molar-refractivity contribution is 1.08. The molecule has 0 unspecified atom stereocenters. The van der Waals surface area contributed by atoms with E-state index >= 15 is 0 Å². The lowest BCUT2D eigenvalue weighted by Gasteiger charge is -2.12. The zero-order valence-corrected chi connectivity index (χ0v) is 43.1. The molecule has 0 radical (unpaired) electrons. The van der Waals surface area contributed by atoms with Crippen molar-refractivity contribution in [3.63, 3.8) is 0 Å². The van der Waals surface area contributed by atoms with E-state index in [2.05, 4.69) is 237 Å². The molecule has 0 N–H and O–H groups in total. The van der Waals surface area contributed by atoms with Crippen LogP contribution in [0.4, 0.5) is 0 Å². The summed E-state index contributed by atoms with van der Waals surface area (Å²) in [6.07, 6.45) is 0. The molecule has 0 atom stereocenters. The normalized spacial score (nSPS) is 11.8. The standard InChI is InChI=1S/C39H23N3.C35H21N3/c1-3-10-26-22-28(18-16-24(26)8-1)37-40-38(29-19-17-25-9-2-4-11-27(25)23-29)42-39(41-37)35-21-20-34-31-13-6-5-12-30(31)32-14-7-15-33(35)36(32)34;1-2-10-23(11-3-1)33-36-34(25-18-17-22-9-4-5-12-24(22)21-25)38-35(37-33)31-20-19-30-27-14-7-6-13-26(27)28-15-8-16-29(31)32(28)30/h1-23H;1-21H. The van der Waals surface area contributed by atoms with Crippen molar-refractivity contribution in [2.45, 2.75) is 0 Å². The van der Waals surface area contributed by atoms with Gasteiger partial charge >= 0.3 is 0 Å². The molecule has 13 aromatic carbocycles. The van der Waals surface area contributed by atoms with Crippen LogP contribution in [0.2, 0.25) is 0 Å². The molecule has 0 saturated carbocycles. The number of nitrogens with zero attached hydrogens (tertiary/aromatic N) is 6. The first kappa shape index (κ1) is 45.4. The zero-order valence-electron chi connectivity index (χ0n) is 43.1. The first-order valence-electron chi connectivity index (χ1n) is 27.0. The van der Waals surface area contributed by atoms with E-state index < -0.39 is 0 Å². The molecule has 0 aliphatic heterocycles. The highest BCUT2D eigenvalue weighted by atomic mass is 15.0. The van der Waals surface area contributed by atoms with Crippen LogP contribution in [0.25, 0.3) is 167 Å². The van der Waals surface area contributed by atoms with Crippen LogP contribution in [0, 0.1) is 0 Å². The van der Waals surface area contributed by atoms with Gasteiger partial charge in [-0.15, -0.1) is 0 Å². The summed E-state index contributed by atoms with van der Waals surface area (Å²) in [5.74, 6) is 4.04. The number of hydrogen-bond acceptors (Lipinski definition) is 6. The molecule has 17 rings (SSSR count). The Hall–Kier alpha value is -10.8. The third-order valence-corrected chi connectivity index (χ3v) is 15.9. The number of fused-ring (bicyclic) bond motifs is 9. The van der Waals surface area contributed by atoms with Gasteiger partial charge in [0, 0.05) is 33.4 Å². The Balaban J connectivity index is 0.000000133. The maximum atomic E-state index is 5.13. The van der Waals surface area contributed by atoms with Crippen LogP contribution in [-0.4, -0.2) is 29.9 Å². The molecule has 6 heteroatoms. The predicted octanol–water partition coefficient (Wildman–Crippen LogP) is 18.8. The van der Waals surface area contributed by atoms with Gasteiger partial charge in [0.1, 0.15) is 0 Å². The number of aromatic nitrogens is 6. The predicted molar refractivity (Wildman–Crippen MR) is 329 cm³/mol. The second-order valence-corrected chi connectivity index (χ2v) is 20.5. The Labute approximate surface area is 461 Å². The van der Waals surface area contributed by atoms with Gasteiger partial charge in [0.2, 0.25) is 0 Å². The van der Waals surface area contributed by atoms with E-state index in [1.54, 1.807) is 0 Å². The molecule has 80 heavy (non-hydrogen) atoms. The lowest BCUT2D eigenvalue weighted by atomic mass is 9.98. The number of hydrogen-bond donors (Lipinski definition) is 0. The summed E-state index contributed by atoms with van der Waals surface area (Å²) in [7, 11) is 0. The van der Waals surface area contributed by atoms with Crippen molar-refractivity contribution >= 4 is 53.9 Å². The number of benzene rings is 13. The summed E-state index contributed by atoms with van der Waals surface area (Å²) in [5, 5.41) is 11.9. The van der Waals surface area contributed by atoms with Crippen molar-refractivity contribution in [2.24, 2.45) is 0 Å². The molecule has 2 aliphatic carbocycles. The van der Waals surface area contributed by atoms with E-state index in [-0.39, 0.29) is 0 Å². The highest BCUT2D eigenvalue weighted by Gasteiger charge is 2.26. The van der Waals surface area contributed by atoms with Crippen LogP contribution >= 0.6 is 0 Å². The Morgan fingerprint density at radius 1 is 0.163 bits per heavy atom. The Kier molecular flexibility index (Phi) is 10.5. The average Bonchev–Trinajstić information content (AvgIpc) is 4.17. The van der Waals surface area contributed by atoms with E-state index in [9.17, 15) is 0 Å². The SMILES string of the molecule is c1ccc(-c2nc(-c3ccc4ccccc4c3)nc(-c3ccc4c5c(cccc35)-c3ccccc3-4)n2)cc1.c1ccc2c(c1)-c1cccc3c(-c4nc(-c5ccc6ccccc6c5)nc(-c5ccc6ccccc6c5)n4)ccc-2c13. The van der Waals surface area contributed by atoms with Gasteiger partial charge in [0.25, 0.3) is 0 Å². The molecule has 15 aromatic rings. The van der Waals surface area contributed by atoms with Gasteiger partial charge in [-0.2, -0.15) is 0 Å². The van der Waals surface area contributed by atoms with Crippen LogP contribution < -0.4 is 0 Å². The Morgan fingerprint density at radius 2 is 0.450 bits per heavy atom. The average molecular weight is 1020 g/mol. The molecule has 0 amide bonds. The fraction of sp³-hybridized carbons (Fsp3) is 0. The summed E-state index contributed by atoms with van der Waals surface area (Å²) < 4.78 is 0. The maximum Gasteiger partial charge on any atom is 0.164 e. The molecule has 6 nitrogen and oxygen atoms in total. The minimum atomic E-state index is 0.667. The molecule has 2 aliphatic rings. The molecule has 2 heterocycles. The molecule has 0 saturated heterocycles. The van der Waals surface area contributed by atoms with E-state index in [4.69, 9.17) is 29.9 Å². The van der Waals surface area contributed by atoms with Gasteiger partial charge in [-0.25, -0.2) is 29.9 Å². The van der Waals surface area contributed by atoms with Gasteiger partial charge in [0.15, 0.2) is 34.9 Å². The summed E-state index contributed by atoms with van der Waals surface area (Å²) in [6.45, 7) is 0. The third kappa shape index (κ3) is 7.57. The van der Waals surface area contributed by atoms with Gasteiger partial charge < -0.3 is 0 Å². The van der Waals surface area contributed by atoms with Crippen molar-refractivity contribution < 1.29 is 0 Å². The quantitative estimate of drug-likeness (QED) is 0.165. The van der Waals surface area contributed by atoms with Crippen molar-refractivity contribution in [2.75, 3.05) is 0 Å². The molecule has 0 spiro atoms. The van der Waals surface area contributed by atoms with E-state index in [1.807, 2.05) is 30.3 Å². The van der Waals surface area contributed by atoms with Crippen LogP contribution in [0.3, 0.4) is 0 Å². The van der Waals surface area contributed by atoms with E-state index in [0.717, 1.165) is 60.3 Å². The van der Waals surface area contributed by atoms with Crippen molar-refractivity contribution in [1.82, 2.24) is 29.9 Å². The molecule has 370 valence electrons. The summed E-state index contributed by atoms with van der Waals surface area (Å²) in [6, 6.07) is 93.7. The topological polar surface area (TPSA) is 77.3 Å². The van der Waals surface area contributed by atoms with Gasteiger partial charge in [0.05, 0.1) is 0 Å². The highest BCUT2D eigenvalue weighted by molar-refractivity contribution is 6.19. The highest BCUT2D eigenvalue weighted by Crippen LogP contribution is 2.51. The van der Waals surface area contributed by atoms with Crippen molar-refractivity contribution in [3.05, 3.63) is 267 Å². The van der Waals surface area contributed by atoms with Gasteiger partial charge in [-0.1, -0.05) is 237 Å². The second kappa shape index (κ2) is 18.4. The molecular formula is C74H44N6. The minimum absolute atomic E-state index is 0.667. The summed E-state index contributed by atoms with van der Waals surface area (Å²) in [5.41, 5.74) is 16.1. The molecule has 0 bridgehead atoms. The smallest absolute Gasteiger partial charge is 0.164 e. The maximum absolute atomic E-state index is 5.13. The van der Waals surface area contributed by atoms with Crippen LogP contribution in [0.15, 0.2) is 267 Å².